The molecule has 0 saturated heterocycles. The fraction of sp³-hybridized carbons (Fsp3) is 0.895. The average Bonchev–Trinajstić information content (AvgIpc) is 0.945. The van der Waals surface area contributed by atoms with Crippen molar-refractivity contribution in [3.05, 3.63) is 36.5 Å². The third kappa shape index (κ3) is 107. The van der Waals surface area contributed by atoms with Gasteiger partial charge >= 0.3 is 35.8 Å². The van der Waals surface area contributed by atoms with Crippen LogP contribution >= 0.6 is 0 Å². The standard InChI is InChI=1S/C57H110O6.C57H104O6/c2*1-4-7-10-13-16-19-22-25-28-31-34-37-40-43-46-49-55(58)61-52-54(63-57(60)51-48-45-42-39-36-33-30-27-24-21-18-15-12-9-6-3)53-62-56(59)50-47-44-41-38-35-32-29-26-23-20-17-14-11-8-5-2/h54H,4-53H2,1-3H3;25-30,54H,4-24,31-53H2,1-3H3/b;28-25+,29-26+,30-27+. The number of unbranched alkanes of at least 4 members (excludes halogenated alkanes) is 75. The van der Waals surface area contributed by atoms with Gasteiger partial charge in [-0.3, -0.25) is 28.8 Å². The van der Waals surface area contributed by atoms with Gasteiger partial charge in [-0.25, -0.2) is 0 Å². The average molecular weight is 1780 g/mol. The molecule has 0 aliphatic heterocycles. The van der Waals surface area contributed by atoms with Crippen LogP contribution in [0.5, 0.6) is 0 Å². The van der Waals surface area contributed by atoms with Crippen molar-refractivity contribution in [1.29, 1.82) is 0 Å². The first kappa shape index (κ1) is 124. The second kappa shape index (κ2) is 110. The second-order valence-corrected chi connectivity index (χ2v) is 38.1. The van der Waals surface area contributed by atoms with E-state index >= 15 is 0 Å². The first-order valence-corrected chi connectivity index (χ1v) is 56.0. The summed E-state index contributed by atoms with van der Waals surface area (Å²) in [6, 6.07) is 0. The topological polar surface area (TPSA) is 158 Å². The van der Waals surface area contributed by atoms with Crippen molar-refractivity contribution >= 4 is 35.8 Å². The number of hydrogen-bond acceptors (Lipinski definition) is 12. The van der Waals surface area contributed by atoms with Crippen molar-refractivity contribution in [1.82, 2.24) is 0 Å². The Morgan fingerprint density at radius 3 is 0.397 bits per heavy atom. The Bertz CT molecular complexity index is 2210. The molecule has 126 heavy (non-hydrogen) atoms. The summed E-state index contributed by atoms with van der Waals surface area (Å²) in [5, 5.41) is 0. The van der Waals surface area contributed by atoms with E-state index in [1.54, 1.807) is 0 Å². The van der Waals surface area contributed by atoms with E-state index in [1.165, 1.54) is 405 Å². The molecule has 0 rings (SSSR count). The van der Waals surface area contributed by atoms with E-state index in [-0.39, 0.29) is 62.2 Å². The van der Waals surface area contributed by atoms with Crippen LogP contribution in [0.15, 0.2) is 36.5 Å². The summed E-state index contributed by atoms with van der Waals surface area (Å²) < 4.78 is 33.7. The van der Waals surface area contributed by atoms with Gasteiger partial charge in [0.25, 0.3) is 0 Å². The van der Waals surface area contributed by atoms with E-state index in [0.29, 0.717) is 38.5 Å². The largest absolute Gasteiger partial charge is 0.462 e. The lowest BCUT2D eigenvalue weighted by Crippen LogP contribution is -2.30. The molecule has 742 valence electrons. The van der Waals surface area contributed by atoms with Gasteiger partial charge in [-0.15, -0.1) is 0 Å². The number of hydrogen-bond donors (Lipinski definition) is 0. The van der Waals surface area contributed by atoms with Crippen molar-refractivity contribution < 1.29 is 57.2 Å². The molecule has 0 heterocycles. The molecular weight excluding hydrogens is 1560 g/mol. The molecule has 12 nitrogen and oxygen atoms in total. The van der Waals surface area contributed by atoms with Gasteiger partial charge in [0.15, 0.2) is 12.2 Å². The molecule has 0 aromatic carbocycles. The SMILES string of the molecule is CCCCCCCC/C=C/CCCCCCCC(=O)OCC(COC(=O)CCCCCCC/C=C/CCCCCCCC)OC(=O)CCCCCCC/C=C/CCCCCCCC.CCCCCCCCCCCCCCCCCC(=O)OCC(COC(=O)CCCCCCCCCCCCCCCCC)OC(=O)CCCCCCCCCCCCCCCCC. The quantitative estimate of drug-likeness (QED) is 0.0246. The lowest BCUT2D eigenvalue weighted by atomic mass is 10.0. The van der Waals surface area contributed by atoms with Gasteiger partial charge in [0.05, 0.1) is 0 Å². The van der Waals surface area contributed by atoms with Gasteiger partial charge in [-0.2, -0.15) is 0 Å². The minimum absolute atomic E-state index is 0.0611. The predicted molar refractivity (Wildman–Crippen MR) is 541 cm³/mol. The minimum atomic E-state index is -0.781. The molecule has 0 unspecified atom stereocenters. The Hall–Kier alpha value is -3.96. The van der Waals surface area contributed by atoms with Crippen molar-refractivity contribution in [3.63, 3.8) is 0 Å². The summed E-state index contributed by atoms with van der Waals surface area (Å²) in [5.41, 5.74) is 0. The molecule has 0 fully saturated rings. The number of esters is 6. The third-order valence-electron chi connectivity index (χ3n) is 25.2. The van der Waals surface area contributed by atoms with Gasteiger partial charge in [-0.05, 0) is 116 Å². The first-order chi connectivity index (χ1) is 62.1. The van der Waals surface area contributed by atoms with Crippen LogP contribution in [0.25, 0.3) is 0 Å². The Morgan fingerprint density at radius 1 is 0.151 bits per heavy atom. The van der Waals surface area contributed by atoms with E-state index in [9.17, 15) is 28.8 Å². The van der Waals surface area contributed by atoms with E-state index in [1.807, 2.05) is 0 Å². The van der Waals surface area contributed by atoms with Crippen molar-refractivity contribution in [2.75, 3.05) is 26.4 Å². The predicted octanol–water partition coefficient (Wildman–Crippen LogP) is 36.9. The molecule has 0 aromatic rings. The maximum Gasteiger partial charge on any atom is 0.306 e. The Labute approximate surface area is 783 Å². The van der Waals surface area contributed by atoms with Crippen LogP contribution in [0.3, 0.4) is 0 Å². The lowest BCUT2D eigenvalue weighted by Gasteiger charge is -2.18. The van der Waals surface area contributed by atoms with Crippen LogP contribution in [-0.4, -0.2) is 74.5 Å². The van der Waals surface area contributed by atoms with E-state index in [0.717, 1.165) is 135 Å². The van der Waals surface area contributed by atoms with Crippen LogP contribution in [0, 0.1) is 0 Å². The fourth-order valence-corrected chi connectivity index (χ4v) is 16.7. The molecule has 0 atom stereocenters. The van der Waals surface area contributed by atoms with Crippen LogP contribution in [0.1, 0.15) is 619 Å². The minimum Gasteiger partial charge on any atom is -0.462 e. The highest BCUT2D eigenvalue weighted by Gasteiger charge is 2.22. The van der Waals surface area contributed by atoms with Gasteiger partial charge in [0, 0.05) is 38.5 Å². The highest BCUT2D eigenvalue weighted by atomic mass is 16.6. The zero-order valence-electron chi connectivity index (χ0n) is 85.0. The van der Waals surface area contributed by atoms with Crippen molar-refractivity contribution in [2.45, 2.75) is 632 Å². The number of carbonyl (C=O) groups excluding carboxylic acids is 6. The number of rotatable bonds is 103. The summed E-state index contributed by atoms with van der Waals surface area (Å²) in [5.74, 6) is -1.73. The number of allylic oxidation sites excluding steroid dienone is 6. The van der Waals surface area contributed by atoms with E-state index < -0.39 is 12.2 Å². The number of ether oxygens (including phenoxy) is 6. The normalized spacial score (nSPS) is 11.6. The van der Waals surface area contributed by atoms with Crippen LogP contribution in [0.2, 0.25) is 0 Å². The maximum absolute atomic E-state index is 12.8. The monoisotopic (exact) mass is 1780 g/mol. The molecule has 12 heteroatoms. The summed E-state index contributed by atoms with van der Waals surface area (Å²) in [6.07, 6.45) is 119. The summed E-state index contributed by atoms with van der Waals surface area (Å²) in [4.78, 5) is 76.1. The Morgan fingerprint density at radius 2 is 0.262 bits per heavy atom. The molecule has 0 aliphatic rings. The number of carbonyl (C=O) groups is 6. The molecule has 0 aromatic heterocycles. The Balaban J connectivity index is 0. The lowest BCUT2D eigenvalue weighted by molar-refractivity contribution is -0.167. The molecular formula is C114H214O12. The highest BCUT2D eigenvalue weighted by Crippen LogP contribution is 2.22. The van der Waals surface area contributed by atoms with Gasteiger partial charge in [-0.1, -0.05) is 502 Å². The van der Waals surface area contributed by atoms with E-state index in [4.69, 9.17) is 28.4 Å². The van der Waals surface area contributed by atoms with Crippen LogP contribution in [-0.2, 0) is 57.2 Å². The van der Waals surface area contributed by atoms with Gasteiger partial charge < -0.3 is 28.4 Å². The first-order valence-electron chi connectivity index (χ1n) is 56.0. The van der Waals surface area contributed by atoms with Gasteiger partial charge in [0.1, 0.15) is 26.4 Å². The molecule has 0 saturated carbocycles. The van der Waals surface area contributed by atoms with Gasteiger partial charge in [0.2, 0.25) is 0 Å². The molecule has 0 N–H and O–H groups in total. The second-order valence-electron chi connectivity index (χ2n) is 38.1. The summed E-state index contributed by atoms with van der Waals surface area (Å²) >= 11 is 0. The molecule has 0 aliphatic carbocycles. The van der Waals surface area contributed by atoms with Crippen LogP contribution < -0.4 is 0 Å². The Kier molecular flexibility index (Phi) is 108. The zero-order valence-corrected chi connectivity index (χ0v) is 85.0. The van der Waals surface area contributed by atoms with Crippen LogP contribution in [0.4, 0.5) is 0 Å². The highest BCUT2D eigenvalue weighted by molar-refractivity contribution is 5.72. The summed E-state index contributed by atoms with van der Waals surface area (Å²) in [6.45, 7) is 13.3. The molecule has 0 amide bonds. The summed E-state index contributed by atoms with van der Waals surface area (Å²) in [7, 11) is 0. The molecule has 0 spiro atoms. The maximum atomic E-state index is 12.8. The fourth-order valence-electron chi connectivity index (χ4n) is 16.7. The smallest absolute Gasteiger partial charge is 0.306 e. The van der Waals surface area contributed by atoms with Crippen molar-refractivity contribution in [2.24, 2.45) is 0 Å². The van der Waals surface area contributed by atoms with E-state index in [2.05, 4.69) is 78.0 Å². The third-order valence-corrected chi connectivity index (χ3v) is 25.2. The molecule has 0 radical (unpaired) electrons. The zero-order chi connectivity index (χ0) is 91.6. The molecule has 0 bridgehead atoms. The van der Waals surface area contributed by atoms with Crippen molar-refractivity contribution in [3.8, 4) is 0 Å².